The van der Waals surface area contributed by atoms with E-state index in [2.05, 4.69) is 20.0 Å². The van der Waals surface area contributed by atoms with E-state index in [0.717, 1.165) is 0 Å². The van der Waals surface area contributed by atoms with Crippen molar-refractivity contribution in [2.45, 2.75) is 20.5 Å². The fraction of sp³-hybridized carbons (Fsp3) is 0.375. The van der Waals surface area contributed by atoms with Crippen LogP contribution in [0.2, 0.25) is 5.15 Å². The minimum absolute atomic E-state index is 0.00408. The maximum atomic E-state index is 12.4. The summed E-state index contributed by atoms with van der Waals surface area (Å²) < 4.78 is 29.1. The van der Waals surface area contributed by atoms with Crippen LogP contribution >= 0.6 is 11.6 Å². The average molecular weight is 358 g/mol. The van der Waals surface area contributed by atoms with Gasteiger partial charge in [-0.1, -0.05) is 25.4 Å². The molecule has 0 aromatic carbocycles. The first kappa shape index (κ1) is 18.4. The van der Waals surface area contributed by atoms with Crippen LogP contribution in [0.15, 0.2) is 30.6 Å². The van der Waals surface area contributed by atoms with Crippen molar-refractivity contribution in [3.63, 3.8) is 0 Å². The van der Waals surface area contributed by atoms with E-state index in [1.807, 2.05) is 13.8 Å². The van der Waals surface area contributed by atoms with E-state index in [4.69, 9.17) is 11.6 Å². The van der Waals surface area contributed by atoms with E-state index in [-0.39, 0.29) is 22.9 Å². The summed E-state index contributed by atoms with van der Waals surface area (Å²) >= 11 is 5.94. The SMILES string of the molecule is CC(C)(CO)CNc1cc(Cl)ncc1-c1cc(OC(F)F)ccn1. The number of hydrogen-bond acceptors (Lipinski definition) is 5. The van der Waals surface area contributed by atoms with Crippen LogP contribution in [0.3, 0.4) is 0 Å². The van der Waals surface area contributed by atoms with Crippen molar-refractivity contribution >= 4 is 17.3 Å². The Kier molecular flexibility index (Phi) is 5.90. The molecule has 0 spiro atoms. The predicted octanol–water partition coefficient (Wildman–Crippen LogP) is 3.83. The monoisotopic (exact) mass is 357 g/mol. The summed E-state index contributed by atoms with van der Waals surface area (Å²) in [6, 6.07) is 4.37. The second kappa shape index (κ2) is 7.72. The van der Waals surface area contributed by atoms with Crippen LogP contribution in [-0.4, -0.2) is 34.8 Å². The molecule has 2 heterocycles. The lowest BCUT2D eigenvalue weighted by Crippen LogP contribution is -2.27. The number of hydrogen-bond donors (Lipinski definition) is 2. The van der Waals surface area contributed by atoms with Crippen LogP contribution in [0.25, 0.3) is 11.3 Å². The number of alkyl halides is 2. The van der Waals surface area contributed by atoms with Gasteiger partial charge in [-0.05, 0) is 12.1 Å². The topological polar surface area (TPSA) is 67.3 Å². The summed E-state index contributed by atoms with van der Waals surface area (Å²) in [4.78, 5) is 8.19. The molecule has 2 aromatic rings. The third-order valence-corrected chi connectivity index (χ3v) is 3.50. The molecular formula is C16H18ClF2N3O2. The summed E-state index contributed by atoms with van der Waals surface area (Å²) in [5, 5.41) is 12.8. The van der Waals surface area contributed by atoms with Gasteiger partial charge in [0.25, 0.3) is 0 Å². The zero-order chi connectivity index (χ0) is 17.7. The van der Waals surface area contributed by atoms with Gasteiger partial charge in [0.05, 0.1) is 5.69 Å². The van der Waals surface area contributed by atoms with Gasteiger partial charge < -0.3 is 15.2 Å². The molecule has 2 rings (SSSR count). The summed E-state index contributed by atoms with van der Waals surface area (Å²) in [6.07, 6.45) is 2.88. The maximum absolute atomic E-state index is 12.4. The van der Waals surface area contributed by atoms with Crippen molar-refractivity contribution < 1.29 is 18.6 Å². The van der Waals surface area contributed by atoms with Gasteiger partial charge in [0, 0.05) is 48.3 Å². The third-order valence-electron chi connectivity index (χ3n) is 3.29. The van der Waals surface area contributed by atoms with E-state index in [1.165, 1.54) is 24.5 Å². The molecule has 24 heavy (non-hydrogen) atoms. The summed E-state index contributed by atoms with van der Waals surface area (Å²) in [6.45, 7) is 1.37. The fourth-order valence-electron chi connectivity index (χ4n) is 1.91. The second-order valence-electron chi connectivity index (χ2n) is 5.98. The molecule has 0 aliphatic carbocycles. The predicted molar refractivity (Wildman–Crippen MR) is 88.5 cm³/mol. The van der Waals surface area contributed by atoms with Crippen molar-refractivity contribution in [3.05, 3.63) is 35.7 Å². The number of anilines is 1. The molecule has 2 N–H and O–H groups in total. The summed E-state index contributed by atoms with van der Waals surface area (Å²) in [5.74, 6) is 0.00610. The molecule has 2 aromatic heterocycles. The number of ether oxygens (including phenoxy) is 1. The van der Waals surface area contributed by atoms with Gasteiger partial charge in [-0.15, -0.1) is 0 Å². The first-order chi connectivity index (χ1) is 11.3. The highest BCUT2D eigenvalue weighted by Crippen LogP contribution is 2.31. The van der Waals surface area contributed by atoms with Gasteiger partial charge in [0.2, 0.25) is 0 Å². The van der Waals surface area contributed by atoms with Crippen molar-refractivity contribution in [2.75, 3.05) is 18.5 Å². The maximum Gasteiger partial charge on any atom is 0.387 e. The lowest BCUT2D eigenvalue weighted by atomic mass is 9.95. The number of halogens is 3. The van der Waals surface area contributed by atoms with E-state index < -0.39 is 6.61 Å². The molecule has 0 saturated carbocycles. The molecule has 0 unspecified atom stereocenters. The normalized spacial score (nSPS) is 11.6. The van der Waals surface area contributed by atoms with Gasteiger partial charge in [0.1, 0.15) is 10.9 Å². The van der Waals surface area contributed by atoms with Crippen LogP contribution in [0, 0.1) is 5.41 Å². The Morgan fingerprint density at radius 1 is 1.33 bits per heavy atom. The summed E-state index contributed by atoms with van der Waals surface area (Å²) in [7, 11) is 0. The van der Waals surface area contributed by atoms with Crippen LogP contribution < -0.4 is 10.1 Å². The standard InChI is InChI=1S/C16H18ClF2N3O2/c1-16(2,9-23)8-22-13-6-14(17)21-7-11(13)12-5-10(3-4-20-12)24-15(18)19/h3-7,15,23H,8-9H2,1-2H3,(H,21,22). The Morgan fingerprint density at radius 2 is 2.08 bits per heavy atom. The van der Waals surface area contributed by atoms with Gasteiger partial charge in [-0.2, -0.15) is 8.78 Å². The van der Waals surface area contributed by atoms with Crippen LogP contribution in [0.1, 0.15) is 13.8 Å². The number of pyridine rings is 2. The molecule has 0 bridgehead atoms. The fourth-order valence-corrected chi connectivity index (χ4v) is 2.06. The zero-order valence-corrected chi connectivity index (χ0v) is 14.0. The quantitative estimate of drug-likeness (QED) is 0.737. The largest absolute Gasteiger partial charge is 0.435 e. The minimum atomic E-state index is -2.91. The molecule has 8 heteroatoms. The Labute approximate surface area is 143 Å². The lowest BCUT2D eigenvalue weighted by Gasteiger charge is -2.23. The number of aliphatic hydroxyl groups is 1. The number of nitrogens with zero attached hydrogens (tertiary/aromatic N) is 2. The van der Waals surface area contributed by atoms with E-state index in [1.54, 1.807) is 6.07 Å². The van der Waals surface area contributed by atoms with Crippen molar-refractivity contribution in [1.29, 1.82) is 0 Å². The summed E-state index contributed by atoms with van der Waals surface area (Å²) in [5.41, 5.74) is 1.30. The Bertz CT molecular complexity index is 699. The number of aliphatic hydroxyl groups excluding tert-OH is 1. The van der Waals surface area contributed by atoms with Gasteiger partial charge in [-0.25, -0.2) is 4.98 Å². The lowest BCUT2D eigenvalue weighted by molar-refractivity contribution is -0.0498. The van der Waals surface area contributed by atoms with E-state index >= 15 is 0 Å². The van der Waals surface area contributed by atoms with Crippen LogP contribution in [-0.2, 0) is 0 Å². The number of rotatable bonds is 7. The molecule has 0 aliphatic rings. The Morgan fingerprint density at radius 3 is 2.75 bits per heavy atom. The molecule has 0 aliphatic heterocycles. The third kappa shape index (κ3) is 5.01. The molecule has 0 fully saturated rings. The number of aromatic nitrogens is 2. The molecule has 0 amide bonds. The smallest absolute Gasteiger partial charge is 0.387 e. The highest BCUT2D eigenvalue weighted by atomic mass is 35.5. The first-order valence-corrected chi connectivity index (χ1v) is 7.60. The first-order valence-electron chi connectivity index (χ1n) is 7.22. The van der Waals surface area contributed by atoms with Gasteiger partial charge >= 0.3 is 6.61 Å². The van der Waals surface area contributed by atoms with Crippen LogP contribution in [0.4, 0.5) is 14.5 Å². The molecule has 0 atom stereocenters. The van der Waals surface area contributed by atoms with Gasteiger partial charge in [-0.3, -0.25) is 4.98 Å². The molecule has 130 valence electrons. The van der Waals surface area contributed by atoms with Crippen molar-refractivity contribution in [2.24, 2.45) is 5.41 Å². The zero-order valence-electron chi connectivity index (χ0n) is 13.3. The molecule has 0 saturated heterocycles. The molecular weight excluding hydrogens is 340 g/mol. The Balaban J connectivity index is 2.33. The second-order valence-corrected chi connectivity index (χ2v) is 6.37. The highest BCUT2D eigenvalue weighted by Gasteiger charge is 2.18. The minimum Gasteiger partial charge on any atom is -0.435 e. The molecule has 5 nitrogen and oxygen atoms in total. The van der Waals surface area contributed by atoms with Crippen LogP contribution in [0.5, 0.6) is 5.75 Å². The van der Waals surface area contributed by atoms with Gasteiger partial charge in [0.15, 0.2) is 0 Å². The Hall–Kier alpha value is -1.99. The number of nitrogens with one attached hydrogen (secondary N) is 1. The van der Waals surface area contributed by atoms with Crippen molar-refractivity contribution in [1.82, 2.24) is 9.97 Å². The average Bonchev–Trinajstić information content (AvgIpc) is 2.53. The van der Waals surface area contributed by atoms with E-state index in [0.29, 0.717) is 23.5 Å². The highest BCUT2D eigenvalue weighted by molar-refractivity contribution is 6.29. The van der Waals surface area contributed by atoms with Crippen molar-refractivity contribution in [3.8, 4) is 17.0 Å². The van der Waals surface area contributed by atoms with E-state index in [9.17, 15) is 13.9 Å². The molecule has 0 radical (unpaired) electrons.